The van der Waals surface area contributed by atoms with Gasteiger partial charge in [-0.25, -0.2) is 0 Å². The number of hydrogen-bond acceptors (Lipinski definition) is 5. The van der Waals surface area contributed by atoms with E-state index in [2.05, 4.69) is 9.64 Å². The maximum Gasteiger partial charge on any atom is 0.307 e. The third kappa shape index (κ3) is 2.15. The lowest BCUT2D eigenvalue weighted by Crippen LogP contribution is -2.35. The zero-order chi connectivity index (χ0) is 15.1. The van der Waals surface area contributed by atoms with Crippen LogP contribution in [-0.4, -0.2) is 41.9 Å². The lowest BCUT2D eigenvalue weighted by molar-refractivity contribution is -0.140. The van der Waals surface area contributed by atoms with Gasteiger partial charge < -0.3 is 15.0 Å². The van der Waals surface area contributed by atoms with Crippen molar-refractivity contribution in [1.29, 1.82) is 0 Å². The number of likely N-dealkylation sites (N-methyl/N-ethyl adjacent to an activating group) is 1. The number of nitrogens with two attached hydrogens (primary N) is 1. The van der Waals surface area contributed by atoms with Gasteiger partial charge in [0, 0.05) is 24.8 Å². The topological polar surface area (TPSA) is 77.6 Å². The van der Waals surface area contributed by atoms with Crippen molar-refractivity contribution in [3.63, 3.8) is 0 Å². The van der Waals surface area contributed by atoms with Crippen molar-refractivity contribution < 1.29 is 14.3 Å². The van der Waals surface area contributed by atoms with Crippen LogP contribution in [0.3, 0.4) is 0 Å². The highest BCUT2D eigenvalue weighted by Crippen LogP contribution is 2.38. The molecule has 0 fully saturated rings. The first kappa shape index (κ1) is 13.9. The Morgan fingerprint density at radius 1 is 1.52 bits per heavy atom. The van der Waals surface area contributed by atoms with Crippen LogP contribution in [-0.2, 0) is 22.5 Å². The molecule has 1 aliphatic heterocycles. The number of aromatic nitrogens is 1. The minimum Gasteiger partial charge on any atom is -0.469 e. The Morgan fingerprint density at radius 2 is 2.29 bits per heavy atom. The van der Waals surface area contributed by atoms with Crippen molar-refractivity contribution in [3.05, 3.63) is 34.8 Å². The van der Waals surface area contributed by atoms with Gasteiger partial charge in [0.15, 0.2) is 0 Å². The minimum absolute atomic E-state index is 0.0563. The van der Waals surface area contributed by atoms with Crippen LogP contribution in [0.25, 0.3) is 0 Å². The number of esters is 1. The first-order valence-corrected chi connectivity index (χ1v) is 7.04. The van der Waals surface area contributed by atoms with Gasteiger partial charge in [0.2, 0.25) is 5.78 Å². The number of rotatable bonds is 3. The van der Waals surface area contributed by atoms with Crippen molar-refractivity contribution in [1.82, 2.24) is 9.47 Å². The molecule has 0 saturated carbocycles. The van der Waals surface area contributed by atoms with Crippen molar-refractivity contribution in [3.8, 4) is 0 Å². The fraction of sp³-hybridized carbons (Fsp3) is 0.467. The second-order valence-corrected chi connectivity index (χ2v) is 5.56. The SMILES string of the molecule is COC(=O)CCn1cc2c3c1C(=O)C(N)=CC3N(C)CC2. The second kappa shape index (κ2) is 5.04. The lowest BCUT2D eigenvalue weighted by Gasteiger charge is -2.33. The van der Waals surface area contributed by atoms with Gasteiger partial charge in [-0.3, -0.25) is 14.5 Å². The number of ketones is 1. The number of carbonyl (C=O) groups excluding carboxylic acids is 2. The van der Waals surface area contributed by atoms with E-state index in [-0.39, 0.29) is 29.9 Å². The highest BCUT2D eigenvalue weighted by molar-refractivity contribution is 6.09. The Balaban J connectivity index is 2.02. The van der Waals surface area contributed by atoms with Crippen LogP contribution in [0.1, 0.15) is 34.1 Å². The van der Waals surface area contributed by atoms with E-state index in [1.165, 1.54) is 12.7 Å². The molecule has 1 aromatic rings. The van der Waals surface area contributed by atoms with E-state index in [1.54, 1.807) is 0 Å². The van der Waals surface area contributed by atoms with E-state index < -0.39 is 0 Å². The van der Waals surface area contributed by atoms with Gasteiger partial charge in [0.05, 0.1) is 31.0 Å². The van der Waals surface area contributed by atoms with Gasteiger partial charge in [-0.15, -0.1) is 0 Å². The van der Waals surface area contributed by atoms with Gasteiger partial charge >= 0.3 is 5.97 Å². The minimum atomic E-state index is -0.283. The smallest absolute Gasteiger partial charge is 0.307 e. The van der Waals surface area contributed by atoms with Crippen LogP contribution in [0.4, 0.5) is 0 Å². The van der Waals surface area contributed by atoms with Gasteiger partial charge in [-0.05, 0) is 25.1 Å². The highest BCUT2D eigenvalue weighted by Gasteiger charge is 2.36. The number of Topliss-reactive ketones (excluding diaryl/α,β-unsaturated/α-hetero) is 1. The Hall–Kier alpha value is -2.08. The summed E-state index contributed by atoms with van der Waals surface area (Å²) >= 11 is 0. The maximum absolute atomic E-state index is 12.4. The van der Waals surface area contributed by atoms with E-state index in [1.807, 2.05) is 23.9 Å². The predicted molar refractivity (Wildman–Crippen MR) is 76.7 cm³/mol. The summed E-state index contributed by atoms with van der Waals surface area (Å²) in [6, 6.07) is 0.0563. The van der Waals surface area contributed by atoms with E-state index in [0.717, 1.165) is 18.5 Å². The van der Waals surface area contributed by atoms with Crippen molar-refractivity contribution in [2.75, 3.05) is 20.7 Å². The van der Waals surface area contributed by atoms with Gasteiger partial charge in [0.25, 0.3) is 0 Å². The number of hydrogen-bond donors (Lipinski definition) is 1. The van der Waals surface area contributed by atoms with Crippen LogP contribution in [0, 0.1) is 0 Å². The molecule has 2 N–H and O–H groups in total. The van der Waals surface area contributed by atoms with Crippen molar-refractivity contribution in [2.24, 2.45) is 5.73 Å². The standard InChI is InChI=1S/C15H19N3O3/c1-17-5-3-9-8-18(6-4-12(19)21-2)14-13(9)11(17)7-10(16)15(14)20/h7-8,11H,3-6,16H2,1-2H3. The number of allylic oxidation sites excluding steroid dienone is 1. The molecule has 2 heterocycles. The summed E-state index contributed by atoms with van der Waals surface area (Å²) in [5.41, 5.74) is 9.02. The number of carbonyl (C=O) groups is 2. The van der Waals surface area contributed by atoms with Crippen LogP contribution in [0.5, 0.6) is 0 Å². The van der Waals surface area contributed by atoms with Crippen LogP contribution in [0.2, 0.25) is 0 Å². The monoisotopic (exact) mass is 289 g/mol. The van der Waals surface area contributed by atoms with Crippen LogP contribution >= 0.6 is 0 Å². The molecule has 0 spiro atoms. The fourth-order valence-corrected chi connectivity index (χ4v) is 3.15. The molecule has 6 nitrogen and oxygen atoms in total. The summed E-state index contributed by atoms with van der Waals surface area (Å²) in [6.07, 6.45) is 4.96. The molecular formula is C15H19N3O3. The average molecular weight is 289 g/mol. The summed E-state index contributed by atoms with van der Waals surface area (Å²) in [5, 5.41) is 0. The summed E-state index contributed by atoms with van der Waals surface area (Å²) in [7, 11) is 3.40. The third-order valence-corrected chi connectivity index (χ3v) is 4.30. The number of ether oxygens (including phenoxy) is 1. The molecule has 0 radical (unpaired) electrons. The van der Waals surface area contributed by atoms with E-state index >= 15 is 0 Å². The molecule has 3 rings (SSSR count). The normalized spacial score (nSPS) is 21.0. The number of aryl methyl sites for hydroxylation is 1. The Morgan fingerprint density at radius 3 is 3.00 bits per heavy atom. The molecule has 0 aromatic carbocycles. The van der Waals surface area contributed by atoms with E-state index in [0.29, 0.717) is 12.2 Å². The predicted octanol–water partition coefficient (Wildman–Crippen LogP) is 0.619. The van der Waals surface area contributed by atoms with Crippen LogP contribution in [0.15, 0.2) is 18.0 Å². The molecule has 0 saturated heterocycles. The molecule has 21 heavy (non-hydrogen) atoms. The molecule has 6 heteroatoms. The molecule has 112 valence electrons. The van der Waals surface area contributed by atoms with Gasteiger partial charge in [-0.2, -0.15) is 0 Å². The maximum atomic E-state index is 12.4. The number of nitrogens with zero attached hydrogens (tertiary/aromatic N) is 2. The first-order valence-electron chi connectivity index (χ1n) is 7.04. The second-order valence-electron chi connectivity index (χ2n) is 5.56. The quantitative estimate of drug-likeness (QED) is 0.825. The largest absolute Gasteiger partial charge is 0.469 e. The first-order chi connectivity index (χ1) is 10.0. The summed E-state index contributed by atoms with van der Waals surface area (Å²) in [6.45, 7) is 1.36. The van der Waals surface area contributed by atoms with Crippen LogP contribution < -0.4 is 5.73 Å². The molecule has 0 amide bonds. The Bertz CT molecular complexity index is 645. The number of methoxy groups -OCH3 is 1. The molecule has 1 aliphatic carbocycles. The molecule has 1 atom stereocenters. The molecule has 2 aliphatic rings. The van der Waals surface area contributed by atoms with Crippen molar-refractivity contribution >= 4 is 11.8 Å². The highest BCUT2D eigenvalue weighted by atomic mass is 16.5. The van der Waals surface area contributed by atoms with Gasteiger partial charge in [-0.1, -0.05) is 0 Å². The lowest BCUT2D eigenvalue weighted by atomic mass is 9.88. The molecule has 0 bridgehead atoms. The third-order valence-electron chi connectivity index (χ3n) is 4.30. The Labute approximate surface area is 123 Å². The molecular weight excluding hydrogens is 270 g/mol. The Kier molecular flexibility index (Phi) is 3.33. The summed E-state index contributed by atoms with van der Waals surface area (Å²) < 4.78 is 6.52. The fourth-order valence-electron chi connectivity index (χ4n) is 3.15. The van der Waals surface area contributed by atoms with Gasteiger partial charge in [0.1, 0.15) is 0 Å². The summed E-state index contributed by atoms with van der Waals surface area (Å²) in [4.78, 5) is 25.9. The average Bonchev–Trinajstić information content (AvgIpc) is 2.85. The molecule has 1 aromatic heterocycles. The summed E-state index contributed by atoms with van der Waals surface area (Å²) in [5.74, 6) is -0.429. The van der Waals surface area contributed by atoms with E-state index in [9.17, 15) is 9.59 Å². The zero-order valence-corrected chi connectivity index (χ0v) is 12.3. The van der Waals surface area contributed by atoms with E-state index in [4.69, 9.17) is 5.73 Å². The molecule has 1 unspecified atom stereocenters. The van der Waals surface area contributed by atoms with Crippen molar-refractivity contribution in [2.45, 2.75) is 25.4 Å². The zero-order valence-electron chi connectivity index (χ0n) is 12.3.